The zero-order valence-corrected chi connectivity index (χ0v) is 9.46. The number of benzene rings is 1. The fraction of sp³-hybridized carbons (Fsp3) is 0.538. The molecule has 82 valence electrons. The second-order valence-corrected chi connectivity index (χ2v) is 4.74. The molecule has 1 aliphatic carbocycles. The lowest BCUT2D eigenvalue weighted by Crippen LogP contribution is -2.37. The topological polar surface area (TPSA) is 32.3 Å². The average Bonchev–Trinajstić information content (AvgIpc) is 2.99. The molecule has 1 fully saturated rings. The molecule has 1 atom stereocenters. The normalized spacial score (nSPS) is 19.9. The first-order chi connectivity index (χ1) is 7.09. The van der Waals surface area contributed by atoms with Crippen LogP contribution >= 0.6 is 0 Å². The minimum atomic E-state index is -0.756. The first-order valence-electron chi connectivity index (χ1n) is 5.61. The highest BCUT2D eigenvalue weighted by molar-refractivity contribution is 5.31. The number of aliphatic hydroxyl groups is 1. The van der Waals surface area contributed by atoms with E-state index in [-0.39, 0.29) is 0 Å². The van der Waals surface area contributed by atoms with E-state index in [1.54, 1.807) is 0 Å². The van der Waals surface area contributed by atoms with Crippen LogP contribution < -0.4 is 5.32 Å². The van der Waals surface area contributed by atoms with Crippen molar-refractivity contribution < 1.29 is 5.11 Å². The average molecular weight is 205 g/mol. The highest BCUT2D eigenvalue weighted by Crippen LogP contribution is 2.25. The third-order valence-corrected chi connectivity index (χ3v) is 3.04. The van der Waals surface area contributed by atoms with Gasteiger partial charge in [-0.1, -0.05) is 24.3 Å². The van der Waals surface area contributed by atoms with Gasteiger partial charge < -0.3 is 10.4 Å². The summed E-state index contributed by atoms with van der Waals surface area (Å²) in [4.78, 5) is 0. The van der Waals surface area contributed by atoms with E-state index in [1.165, 1.54) is 12.8 Å². The van der Waals surface area contributed by atoms with E-state index in [4.69, 9.17) is 0 Å². The maximum atomic E-state index is 10.4. The van der Waals surface area contributed by atoms with Crippen molar-refractivity contribution in [1.29, 1.82) is 0 Å². The summed E-state index contributed by atoms with van der Waals surface area (Å²) in [7, 11) is 0. The molecule has 0 spiro atoms. The smallest absolute Gasteiger partial charge is 0.0994 e. The van der Waals surface area contributed by atoms with Gasteiger partial charge in [0.2, 0.25) is 0 Å². The van der Waals surface area contributed by atoms with Crippen LogP contribution in [0.1, 0.15) is 30.9 Å². The second-order valence-electron chi connectivity index (χ2n) is 4.74. The molecule has 2 nitrogen and oxygen atoms in total. The number of nitrogens with one attached hydrogen (secondary N) is 1. The van der Waals surface area contributed by atoms with E-state index in [0.29, 0.717) is 12.6 Å². The summed E-state index contributed by atoms with van der Waals surface area (Å²) in [5, 5.41) is 13.8. The molecule has 0 saturated heterocycles. The van der Waals surface area contributed by atoms with Crippen LogP contribution in [0.5, 0.6) is 0 Å². The van der Waals surface area contributed by atoms with Gasteiger partial charge in [0.05, 0.1) is 5.60 Å². The lowest BCUT2D eigenvalue weighted by molar-refractivity contribution is 0.0560. The van der Waals surface area contributed by atoms with Gasteiger partial charge in [0.1, 0.15) is 0 Å². The first kappa shape index (κ1) is 10.7. The Bertz CT molecular complexity index is 342. The molecule has 0 aromatic heterocycles. The highest BCUT2D eigenvalue weighted by Gasteiger charge is 2.28. The van der Waals surface area contributed by atoms with E-state index in [0.717, 1.165) is 11.1 Å². The van der Waals surface area contributed by atoms with Crippen LogP contribution in [0.25, 0.3) is 0 Å². The van der Waals surface area contributed by atoms with Crippen LogP contribution in [0.4, 0.5) is 0 Å². The summed E-state index contributed by atoms with van der Waals surface area (Å²) in [5.74, 6) is 0. The van der Waals surface area contributed by atoms with Crippen molar-refractivity contribution in [2.45, 2.75) is 38.3 Å². The SMILES string of the molecule is Cc1ccccc1C(C)(O)CNC1CC1. The predicted octanol–water partition coefficient (Wildman–Crippen LogP) is 1.95. The maximum Gasteiger partial charge on any atom is 0.0994 e. The molecule has 1 aliphatic rings. The van der Waals surface area contributed by atoms with Crippen molar-refractivity contribution in [3.63, 3.8) is 0 Å². The molecule has 15 heavy (non-hydrogen) atoms. The van der Waals surface area contributed by atoms with Crippen LogP contribution in [-0.4, -0.2) is 17.7 Å². The standard InChI is InChI=1S/C13H19NO/c1-10-5-3-4-6-12(10)13(2,15)9-14-11-7-8-11/h3-6,11,14-15H,7-9H2,1-2H3. The third kappa shape index (κ3) is 2.58. The summed E-state index contributed by atoms with van der Waals surface area (Å²) < 4.78 is 0. The van der Waals surface area contributed by atoms with Crippen molar-refractivity contribution in [3.05, 3.63) is 35.4 Å². The number of hydrogen-bond donors (Lipinski definition) is 2. The summed E-state index contributed by atoms with van der Waals surface area (Å²) in [6.07, 6.45) is 2.51. The molecule has 0 amide bonds. The quantitative estimate of drug-likeness (QED) is 0.787. The summed E-state index contributed by atoms with van der Waals surface area (Å²) in [6.45, 7) is 4.56. The molecular weight excluding hydrogens is 186 g/mol. The third-order valence-electron chi connectivity index (χ3n) is 3.04. The predicted molar refractivity (Wildman–Crippen MR) is 61.8 cm³/mol. The van der Waals surface area contributed by atoms with Crippen LogP contribution in [-0.2, 0) is 5.60 Å². The van der Waals surface area contributed by atoms with Gasteiger partial charge in [-0.15, -0.1) is 0 Å². The van der Waals surface area contributed by atoms with Gasteiger partial charge in [-0.2, -0.15) is 0 Å². The van der Waals surface area contributed by atoms with Gasteiger partial charge in [0, 0.05) is 12.6 Å². The van der Waals surface area contributed by atoms with Crippen molar-refractivity contribution in [2.75, 3.05) is 6.54 Å². The number of hydrogen-bond acceptors (Lipinski definition) is 2. The molecule has 2 heteroatoms. The van der Waals surface area contributed by atoms with E-state index < -0.39 is 5.60 Å². The molecule has 1 saturated carbocycles. The maximum absolute atomic E-state index is 10.4. The Kier molecular flexibility index (Phi) is 2.81. The summed E-state index contributed by atoms with van der Waals surface area (Å²) >= 11 is 0. The monoisotopic (exact) mass is 205 g/mol. The lowest BCUT2D eigenvalue weighted by Gasteiger charge is -2.26. The molecule has 0 bridgehead atoms. The Hall–Kier alpha value is -0.860. The minimum Gasteiger partial charge on any atom is -0.384 e. The largest absolute Gasteiger partial charge is 0.384 e. The number of aryl methyl sites for hydroxylation is 1. The van der Waals surface area contributed by atoms with E-state index in [2.05, 4.69) is 5.32 Å². The molecule has 1 unspecified atom stereocenters. The van der Waals surface area contributed by atoms with Gasteiger partial charge in [-0.05, 0) is 37.8 Å². The Balaban J connectivity index is 2.08. The van der Waals surface area contributed by atoms with E-state index in [1.807, 2.05) is 38.1 Å². The second kappa shape index (κ2) is 3.95. The van der Waals surface area contributed by atoms with Gasteiger partial charge in [0.15, 0.2) is 0 Å². The molecule has 2 rings (SSSR count). The van der Waals surface area contributed by atoms with Gasteiger partial charge in [0.25, 0.3) is 0 Å². The van der Waals surface area contributed by atoms with E-state index in [9.17, 15) is 5.11 Å². The highest BCUT2D eigenvalue weighted by atomic mass is 16.3. The van der Waals surface area contributed by atoms with Crippen LogP contribution in [0.2, 0.25) is 0 Å². The van der Waals surface area contributed by atoms with Gasteiger partial charge >= 0.3 is 0 Å². The minimum absolute atomic E-state index is 0.639. The molecule has 1 aromatic carbocycles. The van der Waals surface area contributed by atoms with Crippen molar-refractivity contribution in [1.82, 2.24) is 5.32 Å². The molecule has 1 aromatic rings. The Morgan fingerprint density at radius 3 is 2.67 bits per heavy atom. The fourth-order valence-electron chi connectivity index (χ4n) is 1.90. The van der Waals surface area contributed by atoms with Crippen LogP contribution in [0.3, 0.4) is 0 Å². The number of rotatable bonds is 4. The molecule has 0 aliphatic heterocycles. The zero-order valence-electron chi connectivity index (χ0n) is 9.46. The Morgan fingerprint density at radius 1 is 1.40 bits per heavy atom. The van der Waals surface area contributed by atoms with Crippen LogP contribution in [0, 0.1) is 6.92 Å². The van der Waals surface area contributed by atoms with Crippen molar-refractivity contribution in [3.8, 4) is 0 Å². The van der Waals surface area contributed by atoms with Gasteiger partial charge in [-0.3, -0.25) is 0 Å². The zero-order chi connectivity index (χ0) is 10.9. The van der Waals surface area contributed by atoms with Gasteiger partial charge in [-0.25, -0.2) is 0 Å². The first-order valence-corrected chi connectivity index (χ1v) is 5.61. The summed E-state index contributed by atoms with van der Waals surface area (Å²) in [5.41, 5.74) is 1.42. The van der Waals surface area contributed by atoms with Crippen LogP contribution in [0.15, 0.2) is 24.3 Å². The molecular formula is C13H19NO. The Labute approximate surface area is 91.3 Å². The molecule has 0 radical (unpaired) electrons. The lowest BCUT2D eigenvalue weighted by atomic mass is 9.92. The van der Waals surface area contributed by atoms with E-state index >= 15 is 0 Å². The summed E-state index contributed by atoms with van der Waals surface area (Å²) in [6, 6.07) is 8.67. The Morgan fingerprint density at radius 2 is 2.07 bits per heavy atom. The van der Waals surface area contributed by atoms with Crippen molar-refractivity contribution in [2.24, 2.45) is 0 Å². The molecule has 0 heterocycles. The molecule has 2 N–H and O–H groups in total. The fourth-order valence-corrected chi connectivity index (χ4v) is 1.90. The van der Waals surface area contributed by atoms with Crippen molar-refractivity contribution >= 4 is 0 Å².